The van der Waals surface area contributed by atoms with Gasteiger partial charge in [-0.3, -0.25) is 9.69 Å². The van der Waals surface area contributed by atoms with E-state index in [0.29, 0.717) is 0 Å². The molecule has 3 aromatic rings. The Bertz CT molecular complexity index is 991. The minimum atomic E-state index is -0.532. The Kier molecular flexibility index (Phi) is 5.81. The third-order valence-electron chi connectivity index (χ3n) is 5.68. The Morgan fingerprint density at radius 1 is 1.03 bits per heavy atom. The maximum atomic E-state index is 13.6. The second-order valence-electron chi connectivity index (χ2n) is 8.94. The standard InChI is InChI=1S/C26H29NO2S/c1-18(19-11-7-5-8-12-19)27-17-21-15-16-30-24(21)22(20-13-9-6-10-14-20)23(27)25(28)29-26(2,3)4/h5-16,18,22-23H,17H2,1-4H3/t18-,22-,23+/m1/s1. The molecule has 2 aromatic carbocycles. The molecule has 0 saturated carbocycles. The van der Waals surface area contributed by atoms with Crippen LogP contribution in [0, 0.1) is 0 Å². The van der Waals surface area contributed by atoms with Crippen LogP contribution in [0.2, 0.25) is 0 Å². The van der Waals surface area contributed by atoms with Gasteiger partial charge in [0, 0.05) is 23.4 Å². The van der Waals surface area contributed by atoms with Crippen molar-refractivity contribution in [2.75, 3.05) is 0 Å². The van der Waals surface area contributed by atoms with Gasteiger partial charge in [0.2, 0.25) is 0 Å². The van der Waals surface area contributed by atoms with Crippen LogP contribution in [0.1, 0.15) is 61.2 Å². The van der Waals surface area contributed by atoms with Gasteiger partial charge in [0.1, 0.15) is 11.6 Å². The zero-order valence-corrected chi connectivity index (χ0v) is 18.9. The van der Waals surface area contributed by atoms with Gasteiger partial charge < -0.3 is 4.74 Å². The number of nitrogens with zero attached hydrogens (tertiary/aromatic N) is 1. The maximum absolute atomic E-state index is 13.6. The number of fused-ring (bicyclic) bond motifs is 1. The van der Waals surface area contributed by atoms with Crippen LogP contribution in [0.25, 0.3) is 0 Å². The van der Waals surface area contributed by atoms with Crippen molar-refractivity contribution in [1.82, 2.24) is 4.90 Å². The van der Waals surface area contributed by atoms with Crippen LogP contribution in [-0.2, 0) is 16.1 Å². The van der Waals surface area contributed by atoms with E-state index >= 15 is 0 Å². The van der Waals surface area contributed by atoms with Crippen molar-refractivity contribution in [3.8, 4) is 0 Å². The third-order valence-corrected chi connectivity index (χ3v) is 6.72. The maximum Gasteiger partial charge on any atom is 0.324 e. The van der Waals surface area contributed by atoms with Gasteiger partial charge in [0.05, 0.1) is 0 Å². The Labute approximate surface area is 183 Å². The van der Waals surface area contributed by atoms with Crippen molar-refractivity contribution in [2.45, 2.75) is 57.8 Å². The molecule has 0 unspecified atom stereocenters. The van der Waals surface area contributed by atoms with Gasteiger partial charge >= 0.3 is 5.97 Å². The number of ether oxygens (including phenoxy) is 1. The zero-order valence-electron chi connectivity index (χ0n) is 18.0. The molecule has 4 heteroatoms. The van der Waals surface area contributed by atoms with E-state index in [9.17, 15) is 4.79 Å². The summed E-state index contributed by atoms with van der Waals surface area (Å²) in [6.45, 7) is 8.74. The number of carbonyl (C=O) groups excluding carboxylic acids is 1. The van der Waals surface area contributed by atoms with E-state index in [1.54, 1.807) is 11.3 Å². The fraction of sp³-hybridized carbons (Fsp3) is 0.346. The molecular weight excluding hydrogens is 390 g/mol. The summed E-state index contributed by atoms with van der Waals surface area (Å²) in [7, 11) is 0. The molecule has 1 aliphatic heterocycles. The second-order valence-corrected chi connectivity index (χ2v) is 9.88. The number of carbonyl (C=O) groups is 1. The summed E-state index contributed by atoms with van der Waals surface area (Å²) in [4.78, 5) is 17.2. The first-order valence-electron chi connectivity index (χ1n) is 10.5. The molecule has 1 aliphatic rings. The van der Waals surface area contributed by atoms with Gasteiger partial charge in [0.15, 0.2) is 0 Å². The molecule has 0 aliphatic carbocycles. The highest BCUT2D eigenvalue weighted by molar-refractivity contribution is 7.10. The van der Waals surface area contributed by atoms with Gasteiger partial charge in [-0.1, -0.05) is 60.7 Å². The van der Waals surface area contributed by atoms with Crippen LogP contribution in [0.3, 0.4) is 0 Å². The van der Waals surface area contributed by atoms with Gasteiger partial charge in [-0.15, -0.1) is 11.3 Å². The molecule has 0 amide bonds. The summed E-state index contributed by atoms with van der Waals surface area (Å²) in [5.41, 5.74) is 3.13. The lowest BCUT2D eigenvalue weighted by Gasteiger charge is -2.44. The third kappa shape index (κ3) is 4.21. The predicted molar refractivity (Wildman–Crippen MR) is 123 cm³/mol. The van der Waals surface area contributed by atoms with Crippen LogP contribution in [-0.4, -0.2) is 22.5 Å². The minimum Gasteiger partial charge on any atom is -0.459 e. The first-order chi connectivity index (χ1) is 14.3. The molecule has 1 aromatic heterocycles. The lowest BCUT2D eigenvalue weighted by Crippen LogP contribution is -2.51. The van der Waals surface area contributed by atoms with Gasteiger partial charge in [0.25, 0.3) is 0 Å². The molecule has 3 atom stereocenters. The Morgan fingerprint density at radius 3 is 2.30 bits per heavy atom. The molecule has 0 bridgehead atoms. The molecule has 30 heavy (non-hydrogen) atoms. The summed E-state index contributed by atoms with van der Waals surface area (Å²) < 4.78 is 5.96. The van der Waals surface area contributed by atoms with Crippen molar-refractivity contribution in [1.29, 1.82) is 0 Å². The van der Waals surface area contributed by atoms with E-state index in [4.69, 9.17) is 4.74 Å². The molecule has 4 rings (SSSR count). The molecule has 0 spiro atoms. The van der Waals surface area contributed by atoms with E-state index in [1.807, 2.05) is 45.0 Å². The lowest BCUT2D eigenvalue weighted by molar-refractivity contribution is -0.164. The topological polar surface area (TPSA) is 29.5 Å². The SMILES string of the molecule is C[C@H](c1ccccc1)N1Cc2ccsc2[C@H](c2ccccc2)[C@H]1C(=O)OC(C)(C)C. The molecule has 0 N–H and O–H groups in total. The summed E-state index contributed by atoms with van der Waals surface area (Å²) in [6.07, 6.45) is 0. The summed E-state index contributed by atoms with van der Waals surface area (Å²) in [5.74, 6) is -0.200. The van der Waals surface area contributed by atoms with Crippen molar-refractivity contribution in [3.63, 3.8) is 0 Å². The highest BCUT2D eigenvalue weighted by atomic mass is 32.1. The van der Waals surface area contributed by atoms with E-state index < -0.39 is 5.60 Å². The Hall–Kier alpha value is -2.43. The molecule has 3 nitrogen and oxygen atoms in total. The van der Waals surface area contributed by atoms with Crippen molar-refractivity contribution in [2.24, 2.45) is 0 Å². The van der Waals surface area contributed by atoms with Crippen molar-refractivity contribution < 1.29 is 9.53 Å². The quantitative estimate of drug-likeness (QED) is 0.474. The fourth-order valence-electron chi connectivity index (χ4n) is 4.31. The number of benzene rings is 2. The highest BCUT2D eigenvalue weighted by Gasteiger charge is 2.45. The Balaban J connectivity index is 1.83. The first-order valence-corrected chi connectivity index (χ1v) is 11.4. The van der Waals surface area contributed by atoms with Crippen LogP contribution in [0.15, 0.2) is 72.1 Å². The van der Waals surface area contributed by atoms with Gasteiger partial charge in [-0.25, -0.2) is 0 Å². The molecular formula is C26H29NO2S. The monoisotopic (exact) mass is 419 g/mol. The summed E-state index contributed by atoms with van der Waals surface area (Å²) in [5, 5.41) is 2.14. The fourth-order valence-corrected chi connectivity index (χ4v) is 5.38. The van der Waals surface area contributed by atoms with E-state index in [2.05, 4.69) is 59.7 Å². The normalized spacial score (nSPS) is 20.4. The van der Waals surface area contributed by atoms with E-state index in [1.165, 1.54) is 16.0 Å². The van der Waals surface area contributed by atoms with Crippen molar-refractivity contribution >= 4 is 17.3 Å². The summed E-state index contributed by atoms with van der Waals surface area (Å²) in [6, 6.07) is 22.7. The smallest absolute Gasteiger partial charge is 0.324 e. The van der Waals surface area contributed by atoms with Crippen LogP contribution in [0.4, 0.5) is 0 Å². The molecule has 0 fully saturated rings. The average molecular weight is 420 g/mol. The first kappa shape index (κ1) is 20.8. The summed E-state index contributed by atoms with van der Waals surface area (Å²) >= 11 is 1.74. The van der Waals surface area contributed by atoms with E-state index in [0.717, 1.165) is 12.1 Å². The number of hydrogen-bond acceptors (Lipinski definition) is 4. The predicted octanol–water partition coefficient (Wildman–Crippen LogP) is 6.17. The number of rotatable bonds is 4. The number of thiophene rings is 1. The zero-order chi connectivity index (χ0) is 21.3. The number of esters is 1. The molecule has 156 valence electrons. The van der Waals surface area contributed by atoms with Crippen molar-refractivity contribution in [3.05, 3.63) is 93.7 Å². The molecule has 2 heterocycles. The average Bonchev–Trinajstić information content (AvgIpc) is 3.20. The van der Waals surface area contributed by atoms with Gasteiger partial charge in [-0.2, -0.15) is 0 Å². The highest BCUT2D eigenvalue weighted by Crippen LogP contribution is 2.44. The Morgan fingerprint density at radius 2 is 1.67 bits per heavy atom. The number of hydrogen-bond donors (Lipinski definition) is 0. The molecule has 0 saturated heterocycles. The molecule has 0 radical (unpaired) electrons. The van der Waals surface area contributed by atoms with Crippen LogP contribution < -0.4 is 0 Å². The van der Waals surface area contributed by atoms with Gasteiger partial charge in [-0.05, 0) is 55.8 Å². The second kappa shape index (κ2) is 8.37. The van der Waals surface area contributed by atoms with Crippen LogP contribution in [0.5, 0.6) is 0 Å². The van der Waals surface area contributed by atoms with Crippen LogP contribution >= 0.6 is 11.3 Å². The largest absolute Gasteiger partial charge is 0.459 e. The minimum absolute atomic E-state index is 0.0454. The lowest BCUT2D eigenvalue weighted by atomic mass is 9.82. The van der Waals surface area contributed by atoms with E-state index in [-0.39, 0.29) is 24.0 Å².